The number of carbonyl (C=O) groups is 2. The summed E-state index contributed by atoms with van der Waals surface area (Å²) in [6.07, 6.45) is 1.38. The molecule has 1 heterocycles. The van der Waals surface area contributed by atoms with E-state index in [0.29, 0.717) is 11.4 Å². The first-order valence-electron chi connectivity index (χ1n) is 9.51. The average Bonchev–Trinajstić information content (AvgIpc) is 3.02. The van der Waals surface area contributed by atoms with E-state index in [1.165, 1.54) is 30.2 Å². The molecule has 0 atom stereocenters. The highest BCUT2D eigenvalue weighted by Crippen LogP contribution is 2.39. The van der Waals surface area contributed by atoms with Gasteiger partial charge in [0.1, 0.15) is 0 Å². The number of nitro benzene ring substituents is 1. The number of methoxy groups -OCH3 is 1. The van der Waals surface area contributed by atoms with Crippen molar-refractivity contribution in [2.45, 2.75) is 6.92 Å². The van der Waals surface area contributed by atoms with Gasteiger partial charge >= 0.3 is 5.97 Å². The van der Waals surface area contributed by atoms with Crippen LogP contribution in [-0.2, 0) is 14.3 Å². The fourth-order valence-corrected chi connectivity index (χ4v) is 3.80. The van der Waals surface area contributed by atoms with Crippen molar-refractivity contribution < 1.29 is 19.2 Å². The number of allylic oxidation sites excluding steroid dienone is 1. The van der Waals surface area contributed by atoms with Crippen LogP contribution in [0.1, 0.15) is 12.5 Å². The van der Waals surface area contributed by atoms with Crippen LogP contribution < -0.4 is 4.90 Å². The molecule has 7 heteroatoms. The van der Waals surface area contributed by atoms with Crippen molar-refractivity contribution in [1.82, 2.24) is 0 Å². The van der Waals surface area contributed by atoms with Gasteiger partial charge in [0.2, 0.25) is 0 Å². The lowest BCUT2D eigenvalue weighted by Gasteiger charge is -2.20. The standard InChI is InChI=1S/C24H18N2O5/c1-15-22(24(28)31-2)19(14-17-9-4-6-12-20(17)26(29)30)23(27)25(15)21-13-7-10-16-8-3-5-11-18(16)21/h3-14H,1-2H3. The third-order valence-corrected chi connectivity index (χ3v) is 5.23. The molecular weight excluding hydrogens is 396 g/mol. The van der Waals surface area contributed by atoms with E-state index in [2.05, 4.69) is 0 Å². The first-order chi connectivity index (χ1) is 14.9. The molecule has 4 rings (SSSR count). The Morgan fingerprint density at radius 1 is 1.03 bits per heavy atom. The second-order valence-electron chi connectivity index (χ2n) is 6.96. The number of fused-ring (bicyclic) bond motifs is 1. The van der Waals surface area contributed by atoms with Gasteiger partial charge in [-0.15, -0.1) is 0 Å². The van der Waals surface area contributed by atoms with E-state index in [9.17, 15) is 19.7 Å². The van der Waals surface area contributed by atoms with Crippen molar-refractivity contribution in [2.24, 2.45) is 0 Å². The van der Waals surface area contributed by atoms with E-state index in [1.807, 2.05) is 36.4 Å². The van der Waals surface area contributed by atoms with Gasteiger partial charge in [0, 0.05) is 17.1 Å². The zero-order chi connectivity index (χ0) is 22.1. The SMILES string of the molecule is COC(=O)C1=C(C)N(c2cccc3ccccc23)C(=O)C1=Cc1ccccc1[N+](=O)[O-]. The monoisotopic (exact) mass is 414 g/mol. The minimum Gasteiger partial charge on any atom is -0.465 e. The molecule has 0 fully saturated rings. The van der Waals surface area contributed by atoms with Crippen LogP contribution in [0, 0.1) is 10.1 Å². The van der Waals surface area contributed by atoms with E-state index in [-0.39, 0.29) is 22.4 Å². The number of benzene rings is 3. The third-order valence-electron chi connectivity index (χ3n) is 5.23. The number of anilines is 1. The molecule has 0 aromatic heterocycles. The molecule has 1 amide bonds. The molecule has 0 N–H and O–H groups in total. The number of nitro groups is 1. The molecule has 3 aromatic carbocycles. The fraction of sp³-hybridized carbons (Fsp3) is 0.0833. The van der Waals surface area contributed by atoms with Gasteiger partial charge in [0.25, 0.3) is 11.6 Å². The summed E-state index contributed by atoms with van der Waals surface area (Å²) in [7, 11) is 1.23. The topological polar surface area (TPSA) is 89.8 Å². The zero-order valence-electron chi connectivity index (χ0n) is 16.9. The highest BCUT2D eigenvalue weighted by molar-refractivity contribution is 6.25. The van der Waals surface area contributed by atoms with Gasteiger partial charge in [-0.3, -0.25) is 19.8 Å². The maximum atomic E-state index is 13.5. The van der Waals surface area contributed by atoms with Crippen LogP contribution in [0.4, 0.5) is 11.4 Å². The van der Waals surface area contributed by atoms with E-state index in [1.54, 1.807) is 25.1 Å². The quantitative estimate of drug-likeness (QED) is 0.269. The van der Waals surface area contributed by atoms with Crippen LogP contribution in [-0.4, -0.2) is 23.9 Å². The van der Waals surface area contributed by atoms with Gasteiger partial charge in [0.05, 0.1) is 34.4 Å². The van der Waals surface area contributed by atoms with E-state index >= 15 is 0 Å². The number of para-hydroxylation sites is 1. The zero-order valence-corrected chi connectivity index (χ0v) is 16.9. The van der Waals surface area contributed by atoms with E-state index in [0.717, 1.165) is 10.8 Å². The second-order valence-corrected chi connectivity index (χ2v) is 6.96. The summed E-state index contributed by atoms with van der Waals surface area (Å²) < 4.78 is 4.92. The average molecular weight is 414 g/mol. The molecule has 0 spiro atoms. The predicted octanol–water partition coefficient (Wildman–Crippen LogP) is 4.63. The predicted molar refractivity (Wildman–Crippen MR) is 117 cm³/mol. The molecule has 0 radical (unpaired) electrons. The summed E-state index contributed by atoms with van der Waals surface area (Å²) >= 11 is 0. The first kappa shape index (κ1) is 20.0. The lowest BCUT2D eigenvalue weighted by molar-refractivity contribution is -0.385. The van der Waals surface area contributed by atoms with Crippen molar-refractivity contribution in [3.05, 3.63) is 99.3 Å². The summed E-state index contributed by atoms with van der Waals surface area (Å²) in [4.78, 5) is 38.5. The molecule has 0 saturated heterocycles. The Morgan fingerprint density at radius 3 is 2.45 bits per heavy atom. The number of nitrogens with zero attached hydrogens (tertiary/aromatic N) is 2. The van der Waals surface area contributed by atoms with Crippen molar-refractivity contribution in [3.63, 3.8) is 0 Å². The number of ether oxygens (including phenoxy) is 1. The normalized spacial score (nSPS) is 15.1. The van der Waals surface area contributed by atoms with Crippen LogP contribution in [0.25, 0.3) is 16.8 Å². The van der Waals surface area contributed by atoms with Gasteiger partial charge in [-0.25, -0.2) is 4.79 Å². The van der Waals surface area contributed by atoms with Crippen LogP contribution >= 0.6 is 0 Å². The summed E-state index contributed by atoms with van der Waals surface area (Å²) in [5.41, 5.74) is 1.22. The summed E-state index contributed by atoms with van der Waals surface area (Å²) in [5.74, 6) is -1.13. The van der Waals surface area contributed by atoms with Crippen molar-refractivity contribution in [2.75, 3.05) is 12.0 Å². The number of carbonyl (C=O) groups excluding carboxylic acids is 2. The lowest BCUT2D eigenvalue weighted by Crippen LogP contribution is -2.24. The van der Waals surface area contributed by atoms with Gasteiger partial charge in [-0.1, -0.05) is 48.5 Å². The van der Waals surface area contributed by atoms with Gasteiger partial charge in [-0.05, 0) is 30.5 Å². The summed E-state index contributed by atoms with van der Waals surface area (Å²) in [5, 5.41) is 13.2. The maximum absolute atomic E-state index is 13.5. The van der Waals surface area contributed by atoms with Gasteiger partial charge in [0.15, 0.2) is 0 Å². The van der Waals surface area contributed by atoms with E-state index < -0.39 is 16.8 Å². The molecule has 0 unspecified atom stereocenters. The highest BCUT2D eigenvalue weighted by Gasteiger charge is 2.38. The Balaban J connectivity index is 1.94. The van der Waals surface area contributed by atoms with Crippen LogP contribution in [0.5, 0.6) is 0 Å². The Bertz CT molecular complexity index is 1300. The molecule has 31 heavy (non-hydrogen) atoms. The molecule has 1 aliphatic heterocycles. The molecular formula is C24H18N2O5. The van der Waals surface area contributed by atoms with Crippen molar-refractivity contribution >= 4 is 40.1 Å². The maximum Gasteiger partial charge on any atom is 0.340 e. The number of esters is 1. The fourth-order valence-electron chi connectivity index (χ4n) is 3.80. The van der Waals surface area contributed by atoms with Gasteiger partial charge < -0.3 is 4.74 Å². The smallest absolute Gasteiger partial charge is 0.340 e. The van der Waals surface area contributed by atoms with Crippen LogP contribution in [0.2, 0.25) is 0 Å². The summed E-state index contributed by atoms with van der Waals surface area (Å²) in [6.45, 7) is 1.66. The molecule has 0 saturated carbocycles. The van der Waals surface area contributed by atoms with Crippen molar-refractivity contribution in [1.29, 1.82) is 0 Å². The molecule has 154 valence electrons. The van der Waals surface area contributed by atoms with Gasteiger partial charge in [-0.2, -0.15) is 0 Å². The molecule has 7 nitrogen and oxygen atoms in total. The number of rotatable bonds is 4. The Morgan fingerprint density at radius 2 is 1.71 bits per heavy atom. The second kappa shape index (κ2) is 7.87. The molecule has 3 aromatic rings. The minimum absolute atomic E-state index is 0.0478. The third kappa shape index (κ3) is 3.36. The van der Waals surface area contributed by atoms with Crippen LogP contribution in [0.3, 0.4) is 0 Å². The molecule has 0 bridgehead atoms. The number of hydrogen-bond donors (Lipinski definition) is 0. The van der Waals surface area contributed by atoms with Crippen molar-refractivity contribution in [3.8, 4) is 0 Å². The minimum atomic E-state index is -0.682. The molecule has 1 aliphatic rings. The Hall–Kier alpha value is -4.26. The van der Waals surface area contributed by atoms with E-state index in [4.69, 9.17) is 4.74 Å². The first-order valence-corrected chi connectivity index (χ1v) is 9.51. The number of amides is 1. The largest absolute Gasteiger partial charge is 0.465 e. The Kier molecular flexibility index (Phi) is 5.09. The summed E-state index contributed by atoms with van der Waals surface area (Å²) in [6, 6.07) is 19.2. The number of hydrogen-bond acceptors (Lipinski definition) is 5. The van der Waals surface area contributed by atoms with Crippen LogP contribution in [0.15, 0.2) is 83.6 Å². The highest BCUT2D eigenvalue weighted by atomic mass is 16.6. The molecule has 0 aliphatic carbocycles. The Labute approximate surface area is 178 Å². The lowest BCUT2D eigenvalue weighted by atomic mass is 10.0.